The quantitative estimate of drug-likeness (QED) is 0.156. The molecule has 24 heteroatoms. The average molecular weight is 2290 g/mol. The Kier molecular flexibility index (Phi) is 19.7. The molecule has 3 nitrogen and oxygen atoms in total. The molecule has 18 aromatic rings. The molecule has 0 radical (unpaired) electrons. The van der Waals surface area contributed by atoms with Crippen LogP contribution < -0.4 is 0 Å². The van der Waals surface area contributed by atoms with Gasteiger partial charge in [0.05, 0.1) is 56.2 Å². The molecule has 96 heavy (non-hydrogen) atoms. The number of rotatable bonds is 6. The first kappa shape index (κ1) is 69.5. The zero-order chi connectivity index (χ0) is 66.9. The Balaban J connectivity index is 0.000000113. The van der Waals surface area contributed by atoms with Gasteiger partial charge in [-0.05, 0) is 138 Å². The maximum atomic E-state index is 6.49. The van der Waals surface area contributed by atoms with Gasteiger partial charge in [0, 0.05) is 40.1 Å². The summed E-state index contributed by atoms with van der Waals surface area (Å²) in [6.07, 6.45) is 0. The monoisotopic (exact) mass is 2280 g/mol. The molecule has 12 aromatic heterocycles. The molecule has 0 aliphatic heterocycles. The van der Waals surface area contributed by atoms with Crippen molar-refractivity contribution in [1.82, 2.24) is 0 Å². The second-order valence-electron chi connectivity index (χ2n) is 22.9. The van der Waals surface area contributed by atoms with Crippen LogP contribution in [0.4, 0.5) is 0 Å². The van der Waals surface area contributed by atoms with Crippen molar-refractivity contribution in [1.29, 1.82) is 0 Å². The van der Waals surface area contributed by atoms with Gasteiger partial charge in [0.2, 0.25) is 0 Å². The molecule has 12 heterocycles. The van der Waals surface area contributed by atoms with Crippen molar-refractivity contribution in [2.75, 3.05) is 0 Å². The minimum Gasteiger partial charge on any atom is -0.451 e. The van der Waals surface area contributed by atoms with E-state index in [-0.39, 0.29) is 0 Å². The first-order chi connectivity index (χ1) is 46.0. The molecule has 0 bridgehead atoms. The number of thiophene rings is 7. The Morgan fingerprint density at radius 3 is 0.833 bits per heavy atom. The topological polar surface area (TPSA) is 39.4 Å². The summed E-state index contributed by atoms with van der Waals surface area (Å²) < 4.78 is 51.4. The number of benzene rings is 6. The van der Waals surface area contributed by atoms with Gasteiger partial charge in [-0.1, -0.05) is 112 Å². The molecule has 480 valence electrons. The van der Waals surface area contributed by atoms with Gasteiger partial charge in [0.15, 0.2) is 33.5 Å². The Hall–Kier alpha value is -0.841. The van der Waals surface area contributed by atoms with E-state index in [0.29, 0.717) is 29.0 Å². The van der Waals surface area contributed by atoms with Gasteiger partial charge in [-0.25, -0.2) is 0 Å². The van der Waals surface area contributed by atoms with Crippen LogP contribution in [-0.2, 0) is 0 Å². The zero-order valence-electron chi connectivity index (χ0n) is 49.8. The molecule has 0 aliphatic rings. The molecule has 0 saturated carbocycles. The van der Waals surface area contributed by atoms with Gasteiger partial charge in [0.25, 0.3) is 0 Å². The standard InChI is InChI=1S/C24H12Br4O2S2.C24H12Br4OS3.C24H12Br4S2Se2/c1-9-3-5-11(13(25)7-9)21-15(27)17-23(31-21)19-20(29-17)24-18(30-19)16(28)22(32-24)12-6-4-10(2)8-14(12)26;1-9-3-5-11(13(25)7-9)19-15(27)17-22(30-19)24-18(29-17)23-21(32-24)16(28)20(31-23)12-6-4-10(2)8-14(12)26;1-9-3-5-11(13(25)7-9)21-15(27)17-23(31-21)19-20(29-17)24-18(30-19)16(28)22(32-24)12-6-4-10(2)8-14(12)26/h3*3-8H,1-2H3. The van der Waals surface area contributed by atoms with Crippen LogP contribution in [0.15, 0.2) is 176 Å². The first-order valence-corrected chi connectivity index (χ1v) is 47.5. The summed E-state index contributed by atoms with van der Waals surface area (Å²) in [5.41, 5.74) is 19.9. The minimum absolute atomic E-state index is 0.300. The fraction of sp³-hybridized carbons (Fsp3) is 0.0833. The first-order valence-electron chi connectivity index (χ1n) is 28.8. The van der Waals surface area contributed by atoms with Crippen molar-refractivity contribution in [2.24, 2.45) is 0 Å². The Labute approximate surface area is 690 Å². The summed E-state index contributed by atoms with van der Waals surface area (Å²) in [7, 11) is 0. The summed E-state index contributed by atoms with van der Waals surface area (Å²) in [5, 5.41) is 0. The van der Waals surface area contributed by atoms with E-state index < -0.39 is 0 Å². The summed E-state index contributed by atoms with van der Waals surface area (Å²) in [5.74, 6) is 0. The van der Waals surface area contributed by atoms with Gasteiger partial charge in [-0.3, -0.25) is 0 Å². The van der Waals surface area contributed by atoms with Crippen LogP contribution in [0.3, 0.4) is 0 Å². The number of furan rings is 3. The van der Waals surface area contributed by atoms with Crippen molar-refractivity contribution in [3.63, 3.8) is 0 Å². The van der Waals surface area contributed by atoms with Crippen molar-refractivity contribution in [3.05, 3.63) is 196 Å². The minimum atomic E-state index is 0.300. The van der Waals surface area contributed by atoms with E-state index in [0.717, 1.165) is 99.6 Å². The van der Waals surface area contributed by atoms with E-state index in [4.69, 9.17) is 13.3 Å². The fourth-order valence-corrected chi connectivity index (χ4v) is 38.6. The van der Waals surface area contributed by atoms with E-state index in [1.54, 1.807) is 65.2 Å². The Morgan fingerprint density at radius 2 is 0.500 bits per heavy atom. The van der Waals surface area contributed by atoms with Crippen LogP contribution >= 0.6 is 271 Å². The number of fused-ring (bicyclic) bond motifs is 15. The molecule has 0 amide bonds. The SMILES string of the molecule is Cc1ccc(-c2[se]c3c(sc4c3sc3c(Br)c(-c5ccc(C)cc5Br)[se]c34)c2Br)c(Br)c1.Cc1ccc(-c2sc3c(oc4c3oc3c(Br)c(-c5ccc(C)cc5Br)sc34)c2Br)c(Br)c1.Cc1ccc(-c2sc3c(oc4c5sc(-c6ccc(C)cc6Br)c(Br)c5sc43)c2Br)c(Br)c1. The van der Waals surface area contributed by atoms with E-state index >= 15 is 0 Å². The van der Waals surface area contributed by atoms with E-state index in [9.17, 15) is 0 Å². The Morgan fingerprint density at radius 1 is 0.240 bits per heavy atom. The van der Waals surface area contributed by atoms with Crippen molar-refractivity contribution in [2.45, 2.75) is 41.5 Å². The maximum absolute atomic E-state index is 6.49. The molecule has 6 aromatic carbocycles. The molecule has 0 unspecified atom stereocenters. The van der Waals surface area contributed by atoms with Crippen LogP contribution in [0.25, 0.3) is 151 Å². The van der Waals surface area contributed by atoms with Crippen LogP contribution in [-0.4, -0.2) is 29.0 Å². The summed E-state index contributed by atoms with van der Waals surface area (Å²) in [6.45, 7) is 12.7. The van der Waals surface area contributed by atoms with Crippen molar-refractivity contribution in [3.8, 4) is 61.8 Å². The number of aryl methyl sites for hydroxylation is 6. The largest absolute Gasteiger partial charge is 0.451 e. The molecular formula is C72H36Br12O3S7Se2. The predicted molar refractivity (Wildman–Crippen MR) is 466 cm³/mol. The number of hydrogen-bond acceptors (Lipinski definition) is 10. The molecule has 18 rings (SSSR count). The third-order valence-corrected chi connectivity index (χ3v) is 43.0. The molecule has 0 fully saturated rings. The van der Waals surface area contributed by atoms with E-state index in [1.165, 1.54) is 130 Å². The van der Waals surface area contributed by atoms with E-state index in [2.05, 4.69) is 342 Å². The van der Waals surface area contributed by atoms with Crippen LogP contribution in [0, 0.1) is 41.5 Å². The fourth-order valence-electron chi connectivity index (χ4n) is 11.5. The molecule has 0 saturated heterocycles. The van der Waals surface area contributed by atoms with Gasteiger partial charge in [-0.15, -0.1) is 56.7 Å². The van der Waals surface area contributed by atoms with E-state index in [1.807, 2.05) is 22.7 Å². The summed E-state index contributed by atoms with van der Waals surface area (Å²) in [6, 6.07) is 39.1. The average Bonchev–Trinajstić information content (AvgIpc) is 1.57. The van der Waals surface area contributed by atoms with Crippen LogP contribution in [0.1, 0.15) is 33.4 Å². The Bertz CT molecular complexity index is 5330. The van der Waals surface area contributed by atoms with Gasteiger partial charge < -0.3 is 13.3 Å². The predicted octanol–water partition coefficient (Wildman–Crippen LogP) is 33.8. The third kappa shape index (κ3) is 12.0. The molecule has 0 aliphatic carbocycles. The second-order valence-corrected chi connectivity index (χ2v) is 44.2. The van der Waals surface area contributed by atoms with Gasteiger partial charge >= 0.3 is 242 Å². The van der Waals surface area contributed by atoms with Crippen LogP contribution in [0.2, 0.25) is 0 Å². The molecule has 0 N–H and O–H groups in total. The second kappa shape index (κ2) is 27.3. The molecular weight excluding hydrogens is 2250 g/mol. The van der Waals surface area contributed by atoms with Crippen LogP contribution in [0.5, 0.6) is 0 Å². The maximum Gasteiger partial charge on any atom is 0.192 e. The smallest absolute Gasteiger partial charge is 0.192 e. The van der Waals surface area contributed by atoms with Crippen molar-refractivity contribution < 1.29 is 13.3 Å². The van der Waals surface area contributed by atoms with Gasteiger partial charge in [-0.2, -0.15) is 0 Å². The molecule has 0 spiro atoms. The number of hydrogen-bond donors (Lipinski definition) is 0. The van der Waals surface area contributed by atoms with Gasteiger partial charge in [0.1, 0.15) is 9.40 Å². The number of halogens is 12. The molecule has 0 atom stereocenters. The summed E-state index contributed by atoms with van der Waals surface area (Å²) >= 11 is 59.0. The van der Waals surface area contributed by atoms with Crippen molar-refractivity contribution >= 4 is 389 Å². The third-order valence-electron chi connectivity index (χ3n) is 16.2. The summed E-state index contributed by atoms with van der Waals surface area (Å²) in [4.78, 5) is 4.65. The zero-order valence-corrected chi connectivity index (χ0v) is 78.0. The normalized spacial score (nSPS) is 12.1.